The maximum atomic E-state index is 14.4. The number of nitrogens with zero attached hydrogens (tertiary/aromatic N) is 1. The Hall–Kier alpha value is -2.33. The van der Waals surface area contributed by atoms with Gasteiger partial charge < -0.3 is 28.9 Å². The third kappa shape index (κ3) is 8.12. The highest BCUT2D eigenvalue weighted by atomic mass is 31.2. The normalized spacial score (nSPS) is 27.0. The summed E-state index contributed by atoms with van der Waals surface area (Å²) < 4.78 is 63.3. The van der Waals surface area contributed by atoms with Crippen LogP contribution in [0, 0.1) is 0 Å². The third-order valence-corrected chi connectivity index (χ3v) is 7.69. The van der Waals surface area contributed by atoms with Crippen molar-refractivity contribution in [2.24, 2.45) is 0 Å². The first-order valence-corrected chi connectivity index (χ1v) is 14.1. The number of nitrogens with one attached hydrogen (secondary N) is 2. The lowest BCUT2D eigenvalue weighted by Crippen LogP contribution is -2.53. The minimum atomic E-state index is -4.63. The van der Waals surface area contributed by atoms with Crippen molar-refractivity contribution in [3.63, 3.8) is 0 Å². The van der Waals surface area contributed by atoms with Crippen molar-refractivity contribution in [3.8, 4) is 0 Å². The van der Waals surface area contributed by atoms with Crippen LogP contribution < -0.4 is 10.2 Å². The van der Waals surface area contributed by atoms with Gasteiger partial charge in [-0.2, -0.15) is 0 Å². The second-order valence-corrected chi connectivity index (χ2v) is 11.8. The Kier molecular flexibility index (Phi) is 11.5. The lowest BCUT2D eigenvalue weighted by molar-refractivity contribution is -0.199. The predicted molar refractivity (Wildman–Crippen MR) is 132 cm³/mol. The average Bonchev–Trinajstić information content (AvgIpc) is 3.08. The molecule has 4 N–H and O–H groups in total. The molecule has 2 aliphatic rings. The quantitative estimate of drug-likeness (QED) is 0.129. The summed E-state index contributed by atoms with van der Waals surface area (Å²) in [6, 6.07) is -2.67. The maximum absolute atomic E-state index is 14.4. The van der Waals surface area contributed by atoms with E-state index in [0.717, 1.165) is 12.3 Å². The number of aliphatic hydroxyl groups excluding tert-OH is 2. The number of rotatable bonds is 13. The molecule has 40 heavy (non-hydrogen) atoms. The van der Waals surface area contributed by atoms with Crippen LogP contribution in [0.4, 0.5) is 8.78 Å². The average molecular weight is 600 g/mol. The van der Waals surface area contributed by atoms with E-state index in [2.05, 4.69) is 10.2 Å². The lowest BCUT2D eigenvalue weighted by Gasteiger charge is -2.34. The van der Waals surface area contributed by atoms with Crippen LogP contribution in [-0.2, 0) is 42.5 Å². The smallest absolute Gasteiger partial charge is 0.342 e. The summed E-state index contributed by atoms with van der Waals surface area (Å²) in [5.41, 5.74) is -3.03. The van der Waals surface area contributed by atoms with Crippen LogP contribution >= 0.6 is 7.67 Å². The number of aliphatic hydroxyl groups is 2. The number of halogens is 2. The lowest BCUT2D eigenvalue weighted by atomic mass is 9.96. The number of amides is 1. The number of allylic oxidation sites excluding steroid dienone is 1. The molecule has 2 rings (SSSR count). The topological polar surface area (TPSA) is 190 Å². The fourth-order valence-electron chi connectivity index (χ4n) is 3.75. The number of esters is 2. The van der Waals surface area contributed by atoms with Gasteiger partial charge in [0.15, 0.2) is 17.6 Å². The summed E-state index contributed by atoms with van der Waals surface area (Å²) in [6.45, 7) is 7.40. The molecule has 0 radical (unpaired) electrons. The summed E-state index contributed by atoms with van der Waals surface area (Å²) in [6.07, 6.45) is -9.66. The molecular weight excluding hydrogens is 563 g/mol. The number of ether oxygens (including phenoxy) is 3. The van der Waals surface area contributed by atoms with Crippen molar-refractivity contribution in [1.82, 2.24) is 15.1 Å². The molecule has 0 unspecified atom stereocenters. The first-order chi connectivity index (χ1) is 18.4. The van der Waals surface area contributed by atoms with E-state index in [1.807, 2.05) is 0 Å². The summed E-state index contributed by atoms with van der Waals surface area (Å²) >= 11 is 0. The van der Waals surface area contributed by atoms with Gasteiger partial charge in [-0.3, -0.25) is 28.6 Å². The fourth-order valence-corrected chi connectivity index (χ4v) is 5.59. The van der Waals surface area contributed by atoms with Crippen LogP contribution in [-0.4, -0.2) is 100 Å². The Morgan fingerprint density at radius 3 is 2.00 bits per heavy atom. The monoisotopic (exact) mass is 599 g/mol. The van der Waals surface area contributed by atoms with Gasteiger partial charge in [0.1, 0.15) is 24.3 Å². The van der Waals surface area contributed by atoms with Crippen LogP contribution in [0.15, 0.2) is 12.3 Å². The first-order valence-electron chi connectivity index (χ1n) is 12.5. The van der Waals surface area contributed by atoms with E-state index in [0.29, 0.717) is 4.90 Å². The fraction of sp³-hybridized carbons (Fsp3) is 0.739. The number of carbonyl (C=O) groups is 4. The van der Waals surface area contributed by atoms with Gasteiger partial charge in [-0.1, -0.05) is 0 Å². The van der Waals surface area contributed by atoms with Crippen molar-refractivity contribution in [2.45, 2.75) is 103 Å². The Morgan fingerprint density at radius 1 is 1.07 bits per heavy atom. The van der Waals surface area contributed by atoms with E-state index in [1.165, 1.54) is 13.8 Å². The zero-order valence-electron chi connectivity index (χ0n) is 22.9. The summed E-state index contributed by atoms with van der Waals surface area (Å²) in [5, 5.41) is 25.7. The van der Waals surface area contributed by atoms with Crippen LogP contribution in [0.5, 0.6) is 0 Å². The molecule has 0 aromatic heterocycles. The zero-order chi connectivity index (χ0) is 30.6. The van der Waals surface area contributed by atoms with Gasteiger partial charge in [0.05, 0.1) is 25.2 Å². The molecular formula is C23H36F2N3O11P. The van der Waals surface area contributed by atoms with Gasteiger partial charge in [-0.25, -0.2) is 19.0 Å². The first kappa shape index (κ1) is 33.9. The molecule has 6 atom stereocenters. The van der Waals surface area contributed by atoms with Gasteiger partial charge in [0.25, 0.3) is 6.43 Å². The van der Waals surface area contributed by atoms with E-state index < -0.39 is 99.1 Å². The summed E-state index contributed by atoms with van der Waals surface area (Å²) in [4.78, 5) is 49.1. The third-order valence-electron chi connectivity index (χ3n) is 5.74. The highest BCUT2D eigenvalue weighted by Gasteiger charge is 2.62. The van der Waals surface area contributed by atoms with Gasteiger partial charge in [0, 0.05) is 6.20 Å². The molecule has 0 spiro atoms. The Morgan fingerprint density at radius 2 is 1.57 bits per heavy atom. The molecule has 2 aliphatic heterocycles. The standard InChI is InChI=1S/C23H36F2N3O11P/c1-11(2)37-20(33)13(5)26-40(35,27-14(6)21(34)38-12(3)4)36-10-23(22(24)25)18(32)17(31)19(39-23)28-8-7-15(29)9-16(28)30/h7-8,11-14,17-19,22,31-32H,9-10H2,1-6H3,(H2,26,27,35)/t13-,14-,17+,18+,19+,23+/m0/s1. The van der Waals surface area contributed by atoms with Crippen molar-refractivity contribution in [3.05, 3.63) is 12.3 Å². The van der Waals surface area contributed by atoms with E-state index in [-0.39, 0.29) is 0 Å². The maximum Gasteiger partial charge on any atom is 0.342 e. The van der Waals surface area contributed by atoms with Crippen LogP contribution in [0.3, 0.4) is 0 Å². The van der Waals surface area contributed by atoms with Gasteiger partial charge in [-0.05, 0) is 47.6 Å². The van der Waals surface area contributed by atoms with Crippen LogP contribution in [0.1, 0.15) is 48.0 Å². The minimum Gasteiger partial charge on any atom is -0.462 e. The number of hydrogen-bond acceptors (Lipinski definition) is 11. The molecule has 17 heteroatoms. The number of carbonyl (C=O) groups excluding carboxylic acids is 4. The SMILES string of the molecule is CC(C)OC(=O)[C@H](C)NP(=O)(N[C@@H](C)C(=O)OC(C)C)OC[C@@]1(C(F)F)O[C@@H](N2C=CC(=O)CC2=O)[C@H](O)[C@H]1O. The van der Waals surface area contributed by atoms with E-state index in [9.17, 15) is 42.7 Å². The van der Waals surface area contributed by atoms with Gasteiger partial charge in [-0.15, -0.1) is 0 Å². The largest absolute Gasteiger partial charge is 0.462 e. The second kappa shape index (κ2) is 13.6. The summed E-state index contributed by atoms with van der Waals surface area (Å²) in [7, 11) is -4.63. The van der Waals surface area contributed by atoms with E-state index in [1.54, 1.807) is 27.7 Å². The van der Waals surface area contributed by atoms with Crippen molar-refractivity contribution >= 4 is 31.3 Å². The van der Waals surface area contributed by atoms with Gasteiger partial charge in [0.2, 0.25) is 5.91 Å². The molecule has 0 aromatic rings. The molecule has 2 heterocycles. The Labute approximate surface area is 229 Å². The molecule has 228 valence electrons. The Bertz CT molecular complexity index is 1010. The molecule has 0 aromatic carbocycles. The molecule has 0 saturated carbocycles. The number of alkyl halides is 2. The van der Waals surface area contributed by atoms with Crippen molar-refractivity contribution < 1.29 is 61.5 Å². The van der Waals surface area contributed by atoms with E-state index >= 15 is 0 Å². The van der Waals surface area contributed by atoms with Crippen LogP contribution in [0.2, 0.25) is 0 Å². The predicted octanol–water partition coefficient (Wildman–Crippen LogP) is 0.368. The van der Waals surface area contributed by atoms with E-state index in [4.69, 9.17) is 18.7 Å². The second-order valence-electron chi connectivity index (χ2n) is 9.96. The van der Waals surface area contributed by atoms with Crippen LogP contribution in [0.25, 0.3) is 0 Å². The summed E-state index contributed by atoms with van der Waals surface area (Å²) in [5.74, 6) is -3.19. The molecule has 0 bridgehead atoms. The molecule has 1 fully saturated rings. The Balaban J connectivity index is 2.35. The molecule has 1 saturated heterocycles. The molecule has 1 amide bonds. The zero-order valence-corrected chi connectivity index (χ0v) is 23.8. The highest BCUT2D eigenvalue weighted by molar-refractivity contribution is 7.54. The molecule has 0 aliphatic carbocycles. The highest BCUT2D eigenvalue weighted by Crippen LogP contribution is 2.45. The molecule has 14 nitrogen and oxygen atoms in total. The number of hydrogen-bond donors (Lipinski definition) is 4. The minimum absolute atomic E-state index is 0.547. The van der Waals surface area contributed by atoms with Gasteiger partial charge >= 0.3 is 19.6 Å². The number of ketones is 1. The van der Waals surface area contributed by atoms with Crippen molar-refractivity contribution in [1.29, 1.82) is 0 Å². The van der Waals surface area contributed by atoms with Crippen molar-refractivity contribution in [2.75, 3.05) is 6.61 Å².